The maximum Gasteiger partial charge on any atom is 0.220 e. The van der Waals surface area contributed by atoms with Gasteiger partial charge in [-0.15, -0.1) is 0 Å². The zero-order valence-electron chi connectivity index (χ0n) is 32.4. The molecule has 0 saturated carbocycles. The first-order valence-corrected chi connectivity index (χ1v) is 20.7. The van der Waals surface area contributed by atoms with Gasteiger partial charge in [0.15, 0.2) is 6.29 Å². The molecular formula is C42H77NO8. The molecule has 0 aromatic rings. The van der Waals surface area contributed by atoms with Gasteiger partial charge in [0.05, 0.1) is 25.4 Å². The number of aliphatic hydroxyl groups excluding tert-OH is 5. The van der Waals surface area contributed by atoms with Crippen molar-refractivity contribution in [2.45, 2.75) is 211 Å². The summed E-state index contributed by atoms with van der Waals surface area (Å²) in [7, 11) is 0. The van der Waals surface area contributed by atoms with Gasteiger partial charge < -0.3 is 40.3 Å². The van der Waals surface area contributed by atoms with Gasteiger partial charge in [-0.1, -0.05) is 153 Å². The Hall–Kier alpha value is -1.59. The molecule has 0 aliphatic carbocycles. The molecule has 7 unspecified atom stereocenters. The zero-order chi connectivity index (χ0) is 37.4. The molecule has 1 aliphatic rings. The maximum absolute atomic E-state index is 12.9. The summed E-state index contributed by atoms with van der Waals surface area (Å²) < 4.78 is 11.2. The molecule has 0 spiro atoms. The molecule has 9 heteroatoms. The van der Waals surface area contributed by atoms with Crippen LogP contribution in [0.1, 0.15) is 168 Å². The number of ether oxygens (including phenoxy) is 2. The van der Waals surface area contributed by atoms with E-state index in [-0.39, 0.29) is 12.5 Å². The molecule has 0 aromatic carbocycles. The van der Waals surface area contributed by atoms with E-state index < -0.39 is 49.5 Å². The number of rotatable bonds is 33. The molecule has 1 rings (SSSR count). The maximum atomic E-state index is 12.9. The molecule has 0 radical (unpaired) electrons. The van der Waals surface area contributed by atoms with Crippen LogP contribution in [0.25, 0.3) is 0 Å². The van der Waals surface area contributed by atoms with Gasteiger partial charge in [0.2, 0.25) is 5.91 Å². The summed E-state index contributed by atoms with van der Waals surface area (Å²) in [5, 5.41) is 54.0. The Kier molecular flexibility index (Phi) is 30.7. The lowest BCUT2D eigenvalue weighted by molar-refractivity contribution is -0.302. The summed E-state index contributed by atoms with van der Waals surface area (Å²) in [5.74, 6) is -0.192. The van der Waals surface area contributed by atoms with E-state index in [1.165, 1.54) is 89.9 Å². The summed E-state index contributed by atoms with van der Waals surface area (Å²) in [4.78, 5) is 12.9. The first-order valence-electron chi connectivity index (χ1n) is 20.7. The highest BCUT2D eigenvalue weighted by Gasteiger charge is 2.44. The van der Waals surface area contributed by atoms with Crippen molar-refractivity contribution in [3.63, 3.8) is 0 Å². The molecule has 0 aromatic heterocycles. The van der Waals surface area contributed by atoms with Crippen molar-refractivity contribution >= 4 is 5.91 Å². The monoisotopic (exact) mass is 724 g/mol. The van der Waals surface area contributed by atoms with Gasteiger partial charge in [-0.25, -0.2) is 0 Å². The number of amides is 1. The lowest BCUT2D eigenvalue weighted by atomic mass is 9.99. The Balaban J connectivity index is 2.43. The molecule has 6 N–H and O–H groups in total. The van der Waals surface area contributed by atoms with E-state index in [1.807, 2.05) is 6.08 Å². The number of allylic oxidation sites excluding steroid dienone is 5. The van der Waals surface area contributed by atoms with Crippen molar-refractivity contribution in [3.8, 4) is 0 Å². The number of hydrogen-bond acceptors (Lipinski definition) is 8. The first kappa shape index (κ1) is 47.4. The van der Waals surface area contributed by atoms with E-state index in [0.717, 1.165) is 57.8 Å². The van der Waals surface area contributed by atoms with Crippen LogP contribution in [0.2, 0.25) is 0 Å². The quantitative estimate of drug-likeness (QED) is 0.0229. The second-order valence-electron chi connectivity index (χ2n) is 14.5. The first-order chi connectivity index (χ1) is 24.8. The van der Waals surface area contributed by atoms with Crippen molar-refractivity contribution in [3.05, 3.63) is 36.5 Å². The highest BCUT2D eigenvalue weighted by atomic mass is 16.7. The number of carbonyl (C=O) groups excluding carboxylic acids is 1. The topological polar surface area (TPSA) is 149 Å². The normalized spacial score (nSPS) is 22.4. The number of hydrogen-bond donors (Lipinski definition) is 6. The molecular weight excluding hydrogens is 646 g/mol. The van der Waals surface area contributed by atoms with Crippen LogP contribution in [-0.4, -0.2) is 87.5 Å². The summed E-state index contributed by atoms with van der Waals surface area (Å²) >= 11 is 0. The molecule has 51 heavy (non-hydrogen) atoms. The van der Waals surface area contributed by atoms with Gasteiger partial charge in [0.1, 0.15) is 24.4 Å². The van der Waals surface area contributed by atoms with Gasteiger partial charge in [-0.05, 0) is 44.9 Å². The Bertz CT molecular complexity index is 894. The lowest BCUT2D eigenvalue weighted by Crippen LogP contribution is -2.60. The third-order valence-electron chi connectivity index (χ3n) is 9.74. The molecule has 1 amide bonds. The van der Waals surface area contributed by atoms with Crippen LogP contribution in [-0.2, 0) is 14.3 Å². The second kappa shape index (κ2) is 33.0. The predicted molar refractivity (Wildman–Crippen MR) is 207 cm³/mol. The van der Waals surface area contributed by atoms with Crippen LogP contribution in [0.4, 0.5) is 0 Å². The standard InChI is InChI=1S/C42H77NO8/c1-3-5-7-9-11-13-15-17-18-20-22-24-26-28-30-32-38(46)43-35(34-50-42-41(49)40(48)39(47)37(33-44)51-42)36(45)31-29-27-25-23-21-19-16-14-12-10-8-6-4-2/h11,13,15,17,29,31,35-37,39-42,44-45,47-49H,3-10,12,14,16,18-28,30,32-34H2,1-2H3,(H,43,46)/b13-11-,17-15-,31-29+. The van der Waals surface area contributed by atoms with Crippen LogP contribution >= 0.6 is 0 Å². The summed E-state index contributed by atoms with van der Waals surface area (Å²) in [6.45, 7) is 3.71. The molecule has 1 saturated heterocycles. The predicted octanol–water partition coefficient (Wildman–Crippen LogP) is 7.72. The fourth-order valence-corrected chi connectivity index (χ4v) is 6.32. The van der Waals surface area contributed by atoms with Crippen molar-refractivity contribution in [1.29, 1.82) is 0 Å². The van der Waals surface area contributed by atoms with Gasteiger partial charge in [0.25, 0.3) is 0 Å². The molecule has 7 atom stereocenters. The van der Waals surface area contributed by atoms with Crippen LogP contribution in [0.5, 0.6) is 0 Å². The average Bonchev–Trinajstić information content (AvgIpc) is 3.13. The van der Waals surface area contributed by atoms with Gasteiger partial charge >= 0.3 is 0 Å². The van der Waals surface area contributed by atoms with Crippen molar-refractivity contribution < 1.29 is 39.8 Å². The molecule has 9 nitrogen and oxygen atoms in total. The minimum atomic E-state index is -1.57. The van der Waals surface area contributed by atoms with E-state index >= 15 is 0 Å². The van der Waals surface area contributed by atoms with Gasteiger partial charge in [-0.3, -0.25) is 4.79 Å². The van der Waals surface area contributed by atoms with Gasteiger partial charge in [-0.2, -0.15) is 0 Å². The fraction of sp³-hybridized carbons (Fsp3) is 0.833. The Morgan fingerprint density at radius 2 is 1.14 bits per heavy atom. The van der Waals surface area contributed by atoms with Crippen molar-refractivity contribution in [2.75, 3.05) is 13.2 Å². The number of unbranched alkanes of at least 4 members (excludes halogenated alkanes) is 20. The molecule has 0 bridgehead atoms. The molecule has 1 aliphatic heterocycles. The molecule has 1 fully saturated rings. The largest absolute Gasteiger partial charge is 0.394 e. The van der Waals surface area contributed by atoms with Crippen molar-refractivity contribution in [1.82, 2.24) is 5.32 Å². The van der Waals surface area contributed by atoms with Crippen LogP contribution in [0, 0.1) is 0 Å². The van der Waals surface area contributed by atoms with Crippen molar-refractivity contribution in [2.24, 2.45) is 0 Å². The van der Waals surface area contributed by atoms with E-state index in [2.05, 4.69) is 43.5 Å². The molecule has 298 valence electrons. The lowest BCUT2D eigenvalue weighted by Gasteiger charge is -2.40. The Labute approximate surface area is 311 Å². The van der Waals surface area contributed by atoms with Gasteiger partial charge in [0, 0.05) is 6.42 Å². The highest BCUT2D eigenvalue weighted by Crippen LogP contribution is 2.22. The van der Waals surface area contributed by atoms with E-state index in [0.29, 0.717) is 6.42 Å². The summed E-state index contributed by atoms with van der Waals surface area (Å²) in [6.07, 6.45) is 31.8. The Morgan fingerprint density at radius 1 is 0.667 bits per heavy atom. The van der Waals surface area contributed by atoms with Crippen LogP contribution < -0.4 is 5.32 Å². The SMILES string of the molecule is CCCCC/C=C\C=C/CCCCCCCCC(=O)NC(COC1OC(CO)C(O)C(O)C1O)C(O)/C=C/CCCCCCCCCCCCC. The number of nitrogens with one attached hydrogen (secondary N) is 1. The van der Waals surface area contributed by atoms with E-state index in [9.17, 15) is 30.3 Å². The second-order valence-corrected chi connectivity index (χ2v) is 14.5. The third kappa shape index (κ3) is 24.4. The Morgan fingerprint density at radius 3 is 1.69 bits per heavy atom. The smallest absolute Gasteiger partial charge is 0.220 e. The average molecular weight is 724 g/mol. The summed E-state index contributed by atoms with van der Waals surface area (Å²) in [6, 6.07) is -0.808. The number of carbonyl (C=O) groups is 1. The van der Waals surface area contributed by atoms with E-state index in [1.54, 1.807) is 6.08 Å². The highest BCUT2D eigenvalue weighted by molar-refractivity contribution is 5.76. The van der Waals surface area contributed by atoms with Crippen LogP contribution in [0.3, 0.4) is 0 Å². The molecule has 1 heterocycles. The summed E-state index contributed by atoms with van der Waals surface area (Å²) in [5.41, 5.74) is 0. The van der Waals surface area contributed by atoms with E-state index in [4.69, 9.17) is 9.47 Å². The number of aliphatic hydroxyl groups is 5. The minimum absolute atomic E-state index is 0.192. The van der Waals surface area contributed by atoms with Crippen LogP contribution in [0.15, 0.2) is 36.5 Å². The zero-order valence-corrected chi connectivity index (χ0v) is 32.4. The fourth-order valence-electron chi connectivity index (χ4n) is 6.32. The third-order valence-corrected chi connectivity index (χ3v) is 9.74. The minimum Gasteiger partial charge on any atom is -0.394 e.